The summed E-state index contributed by atoms with van der Waals surface area (Å²) in [6.45, 7) is 0. The number of hydrogen-bond acceptors (Lipinski definition) is 3. The highest BCUT2D eigenvalue weighted by atomic mass is 32.2. The first kappa shape index (κ1) is 11.4. The van der Waals surface area contributed by atoms with Crippen molar-refractivity contribution in [1.82, 2.24) is 0 Å². The number of hydrogen-bond donors (Lipinski definition) is 0. The molecule has 0 aliphatic carbocycles. The van der Waals surface area contributed by atoms with E-state index in [1.807, 2.05) is 35.2 Å². The Morgan fingerprint density at radius 1 is 1.25 bits per heavy atom. The molecule has 0 unspecified atom stereocenters. The fourth-order valence-corrected chi connectivity index (χ4v) is 2.52. The summed E-state index contributed by atoms with van der Waals surface area (Å²) in [7, 11) is 0. The lowest BCUT2D eigenvalue weighted by Gasteiger charge is -2.01. The Labute approximate surface area is 104 Å². The Kier molecular flexibility index (Phi) is 3.80. The maximum Gasteiger partial charge on any atom is 0.168 e. The Morgan fingerprint density at radius 2 is 2.00 bits per heavy atom. The van der Waals surface area contributed by atoms with Gasteiger partial charge < -0.3 is 0 Å². The minimum absolute atomic E-state index is 0.193. The maximum atomic E-state index is 11.8. The molecule has 1 aromatic heterocycles. The highest BCUT2D eigenvalue weighted by molar-refractivity contribution is 7.98. The zero-order valence-corrected chi connectivity index (χ0v) is 10.6. The van der Waals surface area contributed by atoms with Crippen LogP contribution in [0.25, 0.3) is 0 Å². The molecule has 0 aliphatic heterocycles. The van der Waals surface area contributed by atoms with E-state index in [0.717, 1.165) is 11.1 Å². The van der Waals surface area contributed by atoms with E-state index in [4.69, 9.17) is 0 Å². The molecule has 3 heteroatoms. The van der Waals surface area contributed by atoms with E-state index in [2.05, 4.69) is 12.1 Å². The summed E-state index contributed by atoms with van der Waals surface area (Å²) in [5.41, 5.74) is 1.90. The molecule has 0 saturated heterocycles. The van der Waals surface area contributed by atoms with Crippen molar-refractivity contribution in [2.75, 3.05) is 6.26 Å². The van der Waals surface area contributed by atoms with Gasteiger partial charge in [0, 0.05) is 22.3 Å². The van der Waals surface area contributed by atoms with Crippen molar-refractivity contribution in [1.29, 1.82) is 0 Å². The molecular weight excluding hydrogens is 236 g/mol. The van der Waals surface area contributed by atoms with E-state index in [9.17, 15) is 4.79 Å². The zero-order valence-electron chi connectivity index (χ0n) is 8.97. The number of benzene rings is 1. The first-order chi connectivity index (χ1) is 7.79. The molecule has 0 spiro atoms. The summed E-state index contributed by atoms with van der Waals surface area (Å²) in [6, 6.07) is 10.0. The van der Waals surface area contributed by atoms with Gasteiger partial charge in [0.15, 0.2) is 5.78 Å². The average Bonchev–Trinajstić information content (AvgIpc) is 2.83. The molecule has 0 atom stereocenters. The molecule has 0 aliphatic rings. The summed E-state index contributed by atoms with van der Waals surface area (Å²) < 4.78 is 0. The number of carbonyl (C=O) groups is 1. The molecule has 0 N–H and O–H groups in total. The average molecular weight is 248 g/mol. The SMILES string of the molecule is CSc1ccc(CC(=O)c2ccsc2)cc1. The maximum absolute atomic E-state index is 11.8. The predicted octanol–water partition coefficient (Wildman–Crippen LogP) is 3.90. The van der Waals surface area contributed by atoms with Gasteiger partial charge in [-0.05, 0) is 35.4 Å². The third-order valence-corrected chi connectivity index (χ3v) is 3.79. The van der Waals surface area contributed by atoms with Crippen LogP contribution < -0.4 is 0 Å². The summed E-state index contributed by atoms with van der Waals surface area (Å²) in [4.78, 5) is 13.1. The Morgan fingerprint density at radius 3 is 2.56 bits per heavy atom. The molecule has 1 aromatic carbocycles. The van der Waals surface area contributed by atoms with Gasteiger partial charge in [-0.1, -0.05) is 12.1 Å². The molecule has 2 rings (SSSR count). The van der Waals surface area contributed by atoms with Crippen LogP contribution in [0, 0.1) is 0 Å². The van der Waals surface area contributed by atoms with Gasteiger partial charge in [0.2, 0.25) is 0 Å². The first-order valence-corrected chi connectivity index (χ1v) is 7.14. The summed E-state index contributed by atoms with van der Waals surface area (Å²) >= 11 is 3.27. The molecule has 0 saturated carbocycles. The normalized spacial score (nSPS) is 10.3. The molecule has 1 nitrogen and oxygen atoms in total. The predicted molar refractivity (Wildman–Crippen MR) is 70.6 cm³/mol. The molecule has 0 amide bonds. The topological polar surface area (TPSA) is 17.1 Å². The van der Waals surface area contributed by atoms with Crippen molar-refractivity contribution < 1.29 is 4.79 Å². The van der Waals surface area contributed by atoms with Crippen molar-refractivity contribution in [3.8, 4) is 0 Å². The second kappa shape index (κ2) is 5.32. The van der Waals surface area contributed by atoms with Crippen LogP contribution in [0.4, 0.5) is 0 Å². The first-order valence-electron chi connectivity index (χ1n) is 4.98. The molecule has 0 bridgehead atoms. The van der Waals surface area contributed by atoms with Crippen LogP contribution in [0.3, 0.4) is 0 Å². The minimum Gasteiger partial charge on any atom is -0.294 e. The summed E-state index contributed by atoms with van der Waals surface area (Å²) in [5, 5.41) is 3.84. The molecule has 1 heterocycles. The molecule has 0 radical (unpaired) electrons. The number of thioether (sulfide) groups is 1. The highest BCUT2D eigenvalue weighted by Crippen LogP contribution is 2.16. The van der Waals surface area contributed by atoms with E-state index in [1.54, 1.807) is 23.1 Å². The summed E-state index contributed by atoms with van der Waals surface area (Å²) in [5.74, 6) is 0.193. The zero-order chi connectivity index (χ0) is 11.4. The second-order valence-electron chi connectivity index (χ2n) is 3.46. The number of rotatable bonds is 4. The van der Waals surface area contributed by atoms with Crippen LogP contribution in [0.5, 0.6) is 0 Å². The highest BCUT2D eigenvalue weighted by Gasteiger charge is 2.06. The fourth-order valence-electron chi connectivity index (χ4n) is 1.45. The lowest BCUT2D eigenvalue weighted by molar-refractivity contribution is 0.0993. The van der Waals surface area contributed by atoms with Crippen molar-refractivity contribution >= 4 is 28.9 Å². The van der Waals surface area contributed by atoms with Gasteiger partial charge in [-0.3, -0.25) is 4.79 Å². The van der Waals surface area contributed by atoms with E-state index in [-0.39, 0.29) is 5.78 Å². The third kappa shape index (κ3) is 2.74. The standard InChI is InChI=1S/C13H12OS2/c1-15-12-4-2-10(3-5-12)8-13(14)11-6-7-16-9-11/h2-7,9H,8H2,1H3. The van der Waals surface area contributed by atoms with Gasteiger partial charge in [-0.15, -0.1) is 11.8 Å². The molecular formula is C13H12OS2. The molecule has 82 valence electrons. The van der Waals surface area contributed by atoms with Crippen molar-refractivity contribution in [3.63, 3.8) is 0 Å². The van der Waals surface area contributed by atoms with Crippen LogP contribution in [0.15, 0.2) is 46.0 Å². The number of thiophene rings is 1. The van der Waals surface area contributed by atoms with E-state index in [0.29, 0.717) is 6.42 Å². The van der Waals surface area contributed by atoms with Crippen LogP contribution >= 0.6 is 23.1 Å². The third-order valence-electron chi connectivity index (χ3n) is 2.37. The summed E-state index contributed by atoms with van der Waals surface area (Å²) in [6.07, 6.45) is 2.54. The van der Waals surface area contributed by atoms with Gasteiger partial charge in [-0.2, -0.15) is 11.3 Å². The van der Waals surface area contributed by atoms with E-state index in [1.165, 1.54) is 4.90 Å². The van der Waals surface area contributed by atoms with E-state index >= 15 is 0 Å². The lowest BCUT2D eigenvalue weighted by Crippen LogP contribution is -2.01. The number of Topliss-reactive ketones (excluding diaryl/α,β-unsaturated/α-hetero) is 1. The Hall–Kier alpha value is -1.06. The Balaban J connectivity index is 2.06. The van der Waals surface area contributed by atoms with Crippen molar-refractivity contribution in [2.45, 2.75) is 11.3 Å². The van der Waals surface area contributed by atoms with Crippen LogP contribution in [0.1, 0.15) is 15.9 Å². The van der Waals surface area contributed by atoms with E-state index < -0.39 is 0 Å². The van der Waals surface area contributed by atoms with Crippen LogP contribution in [0.2, 0.25) is 0 Å². The van der Waals surface area contributed by atoms with Gasteiger partial charge in [0.05, 0.1) is 0 Å². The van der Waals surface area contributed by atoms with Crippen molar-refractivity contribution in [3.05, 3.63) is 52.2 Å². The molecule has 0 fully saturated rings. The quantitative estimate of drug-likeness (QED) is 0.603. The Bertz CT molecular complexity index is 457. The van der Waals surface area contributed by atoms with Crippen molar-refractivity contribution in [2.24, 2.45) is 0 Å². The van der Waals surface area contributed by atoms with Gasteiger partial charge >= 0.3 is 0 Å². The second-order valence-corrected chi connectivity index (χ2v) is 5.12. The molecule has 16 heavy (non-hydrogen) atoms. The lowest BCUT2D eigenvalue weighted by atomic mass is 10.1. The number of ketones is 1. The number of carbonyl (C=O) groups excluding carboxylic acids is 1. The monoisotopic (exact) mass is 248 g/mol. The molecule has 2 aromatic rings. The minimum atomic E-state index is 0.193. The smallest absolute Gasteiger partial charge is 0.168 e. The van der Waals surface area contributed by atoms with Gasteiger partial charge in [0.1, 0.15) is 0 Å². The van der Waals surface area contributed by atoms with Crippen LogP contribution in [-0.2, 0) is 6.42 Å². The van der Waals surface area contributed by atoms with Gasteiger partial charge in [-0.25, -0.2) is 0 Å². The largest absolute Gasteiger partial charge is 0.294 e. The van der Waals surface area contributed by atoms with Gasteiger partial charge in [0.25, 0.3) is 0 Å². The van der Waals surface area contributed by atoms with Crippen LogP contribution in [-0.4, -0.2) is 12.0 Å². The fraction of sp³-hybridized carbons (Fsp3) is 0.154.